The molecule has 6 atom stereocenters. The van der Waals surface area contributed by atoms with Crippen molar-refractivity contribution in [3.63, 3.8) is 0 Å². The number of likely N-dealkylation sites (tertiary alicyclic amines) is 4. The van der Waals surface area contributed by atoms with E-state index in [9.17, 15) is 95.9 Å². The van der Waals surface area contributed by atoms with Crippen molar-refractivity contribution in [2.75, 3.05) is 68.8 Å². The van der Waals surface area contributed by atoms with E-state index in [1.165, 1.54) is 95.9 Å². The average molecular weight is 1610 g/mol. The van der Waals surface area contributed by atoms with Gasteiger partial charge in [0.05, 0.1) is 33.2 Å². The molecule has 12 rings (SSSR count). The fraction of sp³-hybridized carbons (Fsp3) is 0.368. The molecule has 6 saturated heterocycles. The van der Waals surface area contributed by atoms with Gasteiger partial charge < -0.3 is 42.5 Å². The van der Waals surface area contributed by atoms with Crippen LogP contribution in [0.5, 0.6) is 0 Å². The molecule has 0 spiro atoms. The first-order valence-corrected chi connectivity index (χ1v) is 38.6. The normalized spacial score (nSPS) is 18.8. The lowest BCUT2D eigenvalue weighted by molar-refractivity contribution is -0.135. The second-order valence-electron chi connectivity index (χ2n) is 26.1. The quantitative estimate of drug-likeness (QED) is 0.0334. The summed E-state index contributed by atoms with van der Waals surface area (Å²) in [6, 6.07) is 23.0. The maximum absolute atomic E-state index is 12.8. The smallest absolute Gasteiger partial charge is 0.258 e. The van der Waals surface area contributed by atoms with Gasteiger partial charge in [0.25, 0.3) is 23.6 Å². The molecule has 592 valence electrons. The third-order valence-corrected chi connectivity index (χ3v) is 21.6. The summed E-state index contributed by atoms with van der Waals surface area (Å²) in [4.78, 5) is 243. The number of nitrogens with two attached hydrogens (primary N) is 4. The number of thioether (sulfide) groups is 2. The number of ketones is 4. The van der Waals surface area contributed by atoms with Crippen LogP contribution in [-0.4, -0.2) is 221 Å². The number of anilines is 4. The van der Waals surface area contributed by atoms with Crippen molar-refractivity contribution in [2.45, 2.75) is 127 Å². The van der Waals surface area contributed by atoms with E-state index in [1.54, 1.807) is 72.8 Å². The Kier molecular flexibility index (Phi) is 31.9. The van der Waals surface area contributed by atoms with E-state index in [2.05, 4.69) is 25.3 Å². The Morgan fingerprint density at radius 2 is 0.589 bits per heavy atom. The van der Waals surface area contributed by atoms with Crippen LogP contribution in [0.2, 0.25) is 0 Å². The fourth-order valence-corrected chi connectivity index (χ4v) is 15.8. The van der Waals surface area contributed by atoms with Crippen LogP contribution in [0, 0.1) is 0 Å². The van der Waals surface area contributed by atoms with E-state index in [4.69, 9.17) is 22.9 Å². The summed E-state index contributed by atoms with van der Waals surface area (Å²) in [6.07, 6.45) is 9.63. The third-order valence-electron chi connectivity index (χ3n) is 18.4. The van der Waals surface area contributed by atoms with Crippen molar-refractivity contribution >= 4 is 189 Å². The third kappa shape index (κ3) is 22.5. The summed E-state index contributed by atoms with van der Waals surface area (Å²) in [7, 11) is 0. The first-order valence-electron chi connectivity index (χ1n) is 35.2. The summed E-state index contributed by atoms with van der Waals surface area (Å²) in [5.41, 5.74) is 24.4. The van der Waals surface area contributed by atoms with Crippen LogP contribution in [-0.2, 0) is 76.7 Å². The summed E-state index contributed by atoms with van der Waals surface area (Å²) in [5, 5.41) is -1.32. The number of primary amides is 4. The minimum Gasteiger partial charge on any atom is -0.368 e. The number of hydrogen-bond donors (Lipinski definition) is 6. The Morgan fingerprint density at radius 3 is 0.795 bits per heavy atom. The van der Waals surface area contributed by atoms with E-state index < -0.39 is 70.1 Å². The van der Waals surface area contributed by atoms with E-state index in [0.29, 0.717) is 121 Å². The van der Waals surface area contributed by atoms with Gasteiger partial charge in [-0.2, -0.15) is 25.3 Å². The molecule has 16 amide bonds. The highest BCUT2D eigenvalue weighted by Gasteiger charge is 2.44. The van der Waals surface area contributed by atoms with Gasteiger partial charge in [-0.05, 0) is 102 Å². The van der Waals surface area contributed by atoms with Crippen LogP contribution in [0.25, 0.3) is 0 Å². The molecule has 0 aliphatic carbocycles. The average Bonchev–Trinajstić information content (AvgIpc) is 1.66. The van der Waals surface area contributed by atoms with Crippen LogP contribution in [0.4, 0.5) is 22.7 Å². The maximum atomic E-state index is 12.8. The van der Waals surface area contributed by atoms with E-state index in [0.717, 1.165) is 56.0 Å². The van der Waals surface area contributed by atoms with Gasteiger partial charge in [-0.1, -0.05) is 48.5 Å². The number of thiol groups is 2. The molecule has 2 unspecified atom stereocenters. The van der Waals surface area contributed by atoms with E-state index in [-0.39, 0.29) is 107 Å². The van der Waals surface area contributed by atoms with Crippen LogP contribution < -0.4 is 42.5 Å². The first kappa shape index (κ1) is 88.0. The monoisotopic (exact) mass is 1610 g/mol. The maximum Gasteiger partial charge on any atom is 0.258 e. The van der Waals surface area contributed by atoms with Gasteiger partial charge >= 0.3 is 0 Å². The Hall–Kier alpha value is -11.2. The molecule has 8 heterocycles. The van der Waals surface area contributed by atoms with Crippen molar-refractivity contribution in [2.24, 2.45) is 22.9 Å². The van der Waals surface area contributed by atoms with Gasteiger partial charge in [-0.3, -0.25) is 95.9 Å². The number of Topliss-reactive ketones (excluding diaryl/α,β-unsaturated/α-hetero) is 4. The van der Waals surface area contributed by atoms with Crippen LogP contribution in [0.3, 0.4) is 0 Å². The van der Waals surface area contributed by atoms with Gasteiger partial charge in [0.15, 0.2) is 23.1 Å². The van der Waals surface area contributed by atoms with Gasteiger partial charge in [0, 0.05) is 134 Å². The van der Waals surface area contributed by atoms with Crippen molar-refractivity contribution in [1.29, 1.82) is 0 Å². The lowest BCUT2D eigenvalue weighted by atomic mass is 10.1. The number of amides is 16. The molecule has 0 radical (unpaired) electrons. The number of hydrogen-bond acceptors (Lipinski definition) is 24. The summed E-state index contributed by atoms with van der Waals surface area (Å²) in [6.45, 7) is 7.89. The molecule has 32 nitrogen and oxygen atoms in total. The van der Waals surface area contributed by atoms with Crippen LogP contribution in [0.15, 0.2) is 121 Å². The highest BCUT2D eigenvalue weighted by Crippen LogP contribution is 2.34. The number of carbonyl (C=O) groups excluding carboxylic acids is 20. The molecule has 0 aromatic heterocycles. The SMILES string of the molecule is CC(=O)c1cccc(N2C(=O)C=CC2=O)c1.CC(=O)c1cccc(N2C(=O)C=CC2=O)c1.CC(=O)c1cccc(N2C(=O)CC(SC[C@@H](C(N)=O)N3CCCC3=O)C2=O)c1.CC(=O)c1cccc(N2C(=O)CC(SC[C@@H](C(N)=O)N3CCCC3=O)C2=O)c1.NC(=O)[C@H](CS)N1CCCC1=O.NC(=O)[C@H](CS)N1CCCC1=O. The summed E-state index contributed by atoms with van der Waals surface area (Å²) < 4.78 is 0. The van der Waals surface area contributed by atoms with Crippen molar-refractivity contribution in [3.05, 3.63) is 144 Å². The molecular weight excluding hydrogens is 1530 g/mol. The highest BCUT2D eigenvalue weighted by molar-refractivity contribution is 8.01. The van der Waals surface area contributed by atoms with Gasteiger partial charge in [0.2, 0.25) is 70.9 Å². The van der Waals surface area contributed by atoms with Gasteiger partial charge in [0.1, 0.15) is 24.2 Å². The molecule has 8 N–H and O–H groups in total. The number of nitrogens with zero attached hydrogens (tertiary/aromatic N) is 8. The highest BCUT2D eigenvalue weighted by atomic mass is 32.2. The number of carbonyl (C=O) groups is 20. The number of rotatable bonds is 24. The lowest BCUT2D eigenvalue weighted by Gasteiger charge is -2.25. The minimum atomic E-state index is -0.794. The summed E-state index contributed by atoms with van der Waals surface area (Å²) in [5.74, 6) is -5.07. The second kappa shape index (κ2) is 40.6. The largest absolute Gasteiger partial charge is 0.368 e. The molecule has 8 aliphatic heterocycles. The van der Waals surface area contributed by atoms with Crippen LogP contribution in [0.1, 0.15) is 133 Å². The Balaban J connectivity index is 0.000000193. The molecule has 112 heavy (non-hydrogen) atoms. The van der Waals surface area contributed by atoms with Crippen LogP contribution >= 0.6 is 48.8 Å². The standard InChI is InChI=1S/2C19H21N3O5S.2C12H9NO3.2C7H12N2O2S/c2*1-11(23)12-4-2-5-13(8-12)22-17(25)9-15(19(22)27)28-10-14(18(20)26)21-7-3-6-16(21)24;2*1-8(14)9-3-2-4-10(7-9)13-11(15)5-6-12(13)16;2*8-7(11)5(4-12)9-3-1-2-6(9)10/h2*2,4-5,8,14-15H,3,6-7,9-10H2,1H3,(H2,20,26);2*2-7H,1H3;2*5,12H,1-4H2,(H2,8,11)/t2*14-,15?;;;2*5-/m00..00/s1. The molecule has 36 heteroatoms. The van der Waals surface area contributed by atoms with Gasteiger partial charge in [-0.15, -0.1) is 23.5 Å². The Labute approximate surface area is 662 Å². The molecular formula is C76H84N12O20S4. The second-order valence-corrected chi connectivity index (χ2v) is 29.3. The minimum absolute atomic E-state index is 0.00672. The number of benzene rings is 4. The molecule has 6 fully saturated rings. The van der Waals surface area contributed by atoms with Gasteiger partial charge in [-0.25, -0.2) is 19.6 Å². The predicted octanol–water partition coefficient (Wildman–Crippen LogP) is 2.88. The number of imide groups is 4. The predicted molar refractivity (Wildman–Crippen MR) is 419 cm³/mol. The van der Waals surface area contributed by atoms with Crippen molar-refractivity contribution in [1.82, 2.24) is 19.6 Å². The lowest BCUT2D eigenvalue weighted by Crippen LogP contribution is -2.47. The van der Waals surface area contributed by atoms with E-state index in [1.807, 2.05) is 0 Å². The van der Waals surface area contributed by atoms with Crippen molar-refractivity contribution in [3.8, 4) is 0 Å². The molecule has 0 saturated carbocycles. The first-order chi connectivity index (χ1) is 53.1. The molecule has 0 bridgehead atoms. The molecule has 4 aromatic carbocycles. The summed E-state index contributed by atoms with van der Waals surface area (Å²) >= 11 is 10.3. The Bertz CT molecular complexity index is 4220. The fourth-order valence-electron chi connectivity index (χ4n) is 12.5. The zero-order chi connectivity index (χ0) is 82.5. The zero-order valence-corrected chi connectivity index (χ0v) is 64.9. The zero-order valence-electron chi connectivity index (χ0n) is 61.5. The topological polar surface area (TPSA) is 471 Å². The molecule has 4 aromatic rings. The molecule has 8 aliphatic rings. The van der Waals surface area contributed by atoms with E-state index >= 15 is 0 Å². The Morgan fingerprint density at radius 1 is 0.357 bits per heavy atom. The van der Waals surface area contributed by atoms with Crippen molar-refractivity contribution < 1.29 is 95.9 Å².